The first-order valence-corrected chi connectivity index (χ1v) is 10.4. The Hall–Kier alpha value is -2.41. The van der Waals surface area contributed by atoms with Gasteiger partial charge in [0.05, 0.1) is 10.7 Å². The number of piperidine rings is 1. The van der Waals surface area contributed by atoms with E-state index in [2.05, 4.69) is 11.9 Å². The first kappa shape index (κ1) is 20.3. The van der Waals surface area contributed by atoms with Crippen LogP contribution in [0, 0.1) is 12.8 Å². The summed E-state index contributed by atoms with van der Waals surface area (Å²) in [5.41, 5.74) is 1.12. The summed E-state index contributed by atoms with van der Waals surface area (Å²) in [6.45, 7) is 7.45. The number of amides is 1. The number of aromatic nitrogens is 1. The molecule has 1 amide bonds. The van der Waals surface area contributed by atoms with Gasteiger partial charge in [0.2, 0.25) is 0 Å². The van der Waals surface area contributed by atoms with Gasteiger partial charge in [0.15, 0.2) is 6.10 Å². The monoisotopic (exact) mass is 402 g/mol. The van der Waals surface area contributed by atoms with Gasteiger partial charge in [-0.15, -0.1) is 11.3 Å². The number of esters is 1. The van der Waals surface area contributed by atoms with Gasteiger partial charge in [0, 0.05) is 18.5 Å². The molecule has 0 N–H and O–H groups in total. The highest BCUT2D eigenvalue weighted by Crippen LogP contribution is 2.22. The molecule has 150 valence electrons. The van der Waals surface area contributed by atoms with Crippen LogP contribution < -0.4 is 4.74 Å². The van der Waals surface area contributed by atoms with Crippen molar-refractivity contribution in [3.63, 3.8) is 0 Å². The van der Waals surface area contributed by atoms with Gasteiger partial charge >= 0.3 is 5.97 Å². The van der Waals surface area contributed by atoms with Crippen LogP contribution in [0.3, 0.4) is 0 Å². The average molecular weight is 403 g/mol. The second-order valence-electron chi connectivity index (χ2n) is 7.20. The van der Waals surface area contributed by atoms with Gasteiger partial charge in [0.25, 0.3) is 5.91 Å². The minimum absolute atomic E-state index is 0.142. The van der Waals surface area contributed by atoms with E-state index in [1.165, 1.54) is 0 Å². The van der Waals surface area contributed by atoms with Crippen molar-refractivity contribution in [1.29, 1.82) is 0 Å². The molecule has 2 heterocycles. The molecule has 1 saturated heterocycles. The van der Waals surface area contributed by atoms with E-state index in [0.29, 0.717) is 30.3 Å². The number of likely N-dealkylation sites (tertiary alicyclic amines) is 1. The lowest BCUT2D eigenvalue weighted by Gasteiger charge is -2.31. The summed E-state index contributed by atoms with van der Waals surface area (Å²) in [6, 6.07) is 6.90. The number of para-hydroxylation sites is 1. The lowest BCUT2D eigenvalue weighted by atomic mass is 9.99. The Morgan fingerprint density at radius 1 is 1.29 bits per heavy atom. The van der Waals surface area contributed by atoms with Gasteiger partial charge in [-0.3, -0.25) is 4.79 Å². The number of hydrogen-bond donors (Lipinski definition) is 0. The first-order chi connectivity index (χ1) is 13.4. The molecule has 6 nitrogen and oxygen atoms in total. The zero-order chi connectivity index (χ0) is 20.1. The molecule has 0 spiro atoms. The predicted molar refractivity (Wildman–Crippen MR) is 107 cm³/mol. The molecular formula is C21H26N2O4S. The number of aryl methyl sites for hydroxylation is 1. The van der Waals surface area contributed by atoms with Crippen molar-refractivity contribution in [3.8, 4) is 5.75 Å². The number of rotatable bonds is 6. The van der Waals surface area contributed by atoms with E-state index < -0.39 is 12.1 Å². The highest BCUT2D eigenvalue weighted by Gasteiger charge is 2.27. The van der Waals surface area contributed by atoms with Crippen LogP contribution in [0.15, 0.2) is 29.6 Å². The number of nitrogens with zero attached hydrogens (tertiary/aromatic N) is 2. The molecule has 3 rings (SSSR count). The van der Waals surface area contributed by atoms with E-state index in [4.69, 9.17) is 9.47 Å². The number of carbonyl (C=O) groups excluding carboxylic acids is 2. The van der Waals surface area contributed by atoms with E-state index in [1.54, 1.807) is 47.4 Å². The summed E-state index contributed by atoms with van der Waals surface area (Å²) in [5, 5.41) is 2.89. The minimum Gasteiger partial charge on any atom is -0.486 e. The number of thiazole rings is 1. The number of carbonyl (C=O) groups is 2. The molecule has 1 fully saturated rings. The van der Waals surface area contributed by atoms with Crippen LogP contribution in [-0.4, -0.2) is 41.0 Å². The SMILES string of the molecule is Cc1nc(COc2ccccc2C(=O)O[C@@H](C)C(=O)N2CCC(C)CC2)cs1. The summed E-state index contributed by atoms with van der Waals surface area (Å²) in [7, 11) is 0. The van der Waals surface area contributed by atoms with Crippen LogP contribution in [-0.2, 0) is 16.1 Å². The maximum Gasteiger partial charge on any atom is 0.342 e. The molecule has 1 aliphatic heterocycles. The Bertz CT molecular complexity index is 827. The Kier molecular flexibility index (Phi) is 6.67. The van der Waals surface area contributed by atoms with Crippen LogP contribution in [0.25, 0.3) is 0 Å². The molecule has 0 bridgehead atoms. The molecule has 1 aliphatic rings. The van der Waals surface area contributed by atoms with E-state index in [-0.39, 0.29) is 12.5 Å². The standard InChI is InChI=1S/C21H26N2O4S/c1-14-8-10-23(11-9-14)20(24)15(2)27-21(25)18-6-4-5-7-19(18)26-12-17-13-28-16(3)22-17/h4-7,13-15H,8-12H2,1-3H3/t15-/m0/s1. The number of benzene rings is 1. The number of ether oxygens (including phenoxy) is 2. The molecule has 1 atom stereocenters. The smallest absolute Gasteiger partial charge is 0.342 e. The van der Waals surface area contributed by atoms with Crippen molar-refractivity contribution in [2.24, 2.45) is 5.92 Å². The summed E-state index contributed by atoms with van der Waals surface area (Å²) >= 11 is 1.55. The summed E-state index contributed by atoms with van der Waals surface area (Å²) in [4.78, 5) is 31.4. The normalized spacial score (nSPS) is 15.9. The van der Waals surface area contributed by atoms with Crippen LogP contribution in [0.4, 0.5) is 0 Å². The Morgan fingerprint density at radius 2 is 2.00 bits per heavy atom. The van der Waals surface area contributed by atoms with E-state index in [9.17, 15) is 9.59 Å². The van der Waals surface area contributed by atoms with Gasteiger partial charge < -0.3 is 14.4 Å². The topological polar surface area (TPSA) is 68.7 Å². The molecular weight excluding hydrogens is 376 g/mol. The van der Waals surface area contributed by atoms with E-state index in [0.717, 1.165) is 23.5 Å². The molecule has 1 aromatic carbocycles. The highest BCUT2D eigenvalue weighted by atomic mass is 32.1. The molecule has 1 aromatic heterocycles. The van der Waals surface area contributed by atoms with Crippen molar-refractivity contribution < 1.29 is 19.1 Å². The zero-order valence-corrected chi connectivity index (χ0v) is 17.3. The fourth-order valence-electron chi connectivity index (χ4n) is 3.15. The van der Waals surface area contributed by atoms with E-state index in [1.807, 2.05) is 12.3 Å². The predicted octanol–water partition coefficient (Wildman–Crippen LogP) is 3.83. The van der Waals surface area contributed by atoms with Crippen molar-refractivity contribution in [2.45, 2.75) is 46.3 Å². The molecule has 0 aliphatic carbocycles. The van der Waals surface area contributed by atoms with Gasteiger partial charge in [0.1, 0.15) is 17.9 Å². The highest BCUT2D eigenvalue weighted by molar-refractivity contribution is 7.09. The second-order valence-corrected chi connectivity index (χ2v) is 8.26. The van der Waals surface area contributed by atoms with Crippen LogP contribution in [0.5, 0.6) is 5.75 Å². The van der Waals surface area contributed by atoms with Crippen molar-refractivity contribution in [1.82, 2.24) is 9.88 Å². The average Bonchev–Trinajstić information content (AvgIpc) is 3.11. The molecule has 28 heavy (non-hydrogen) atoms. The third-order valence-electron chi connectivity index (χ3n) is 4.88. The maximum absolute atomic E-state index is 12.6. The quantitative estimate of drug-likeness (QED) is 0.687. The Labute approximate surface area is 169 Å². The fourth-order valence-corrected chi connectivity index (χ4v) is 3.75. The molecule has 0 unspecified atom stereocenters. The summed E-state index contributed by atoms with van der Waals surface area (Å²) in [6.07, 6.45) is 1.15. The third kappa shape index (κ3) is 5.10. The van der Waals surface area contributed by atoms with Crippen molar-refractivity contribution in [3.05, 3.63) is 45.9 Å². The maximum atomic E-state index is 12.6. The van der Waals surface area contributed by atoms with Crippen molar-refractivity contribution >= 4 is 23.2 Å². The largest absolute Gasteiger partial charge is 0.486 e. The molecule has 0 radical (unpaired) electrons. The Balaban J connectivity index is 1.61. The summed E-state index contributed by atoms with van der Waals surface area (Å²) < 4.78 is 11.2. The van der Waals surface area contributed by atoms with E-state index >= 15 is 0 Å². The van der Waals surface area contributed by atoms with Crippen LogP contribution >= 0.6 is 11.3 Å². The minimum atomic E-state index is -0.824. The summed E-state index contributed by atoms with van der Waals surface area (Å²) in [5.74, 6) is 0.352. The Morgan fingerprint density at radius 3 is 2.68 bits per heavy atom. The van der Waals surface area contributed by atoms with Gasteiger partial charge in [-0.05, 0) is 44.7 Å². The van der Waals surface area contributed by atoms with Gasteiger partial charge in [-0.1, -0.05) is 19.1 Å². The fraction of sp³-hybridized carbons (Fsp3) is 0.476. The zero-order valence-electron chi connectivity index (χ0n) is 16.5. The lowest BCUT2D eigenvalue weighted by Crippen LogP contribution is -2.44. The molecule has 0 saturated carbocycles. The first-order valence-electron chi connectivity index (χ1n) is 9.56. The van der Waals surface area contributed by atoms with Crippen molar-refractivity contribution in [2.75, 3.05) is 13.1 Å². The molecule has 2 aromatic rings. The second kappa shape index (κ2) is 9.19. The van der Waals surface area contributed by atoms with Crippen LogP contribution in [0.1, 0.15) is 47.7 Å². The van der Waals surface area contributed by atoms with Gasteiger partial charge in [-0.2, -0.15) is 0 Å². The lowest BCUT2D eigenvalue weighted by molar-refractivity contribution is -0.141. The number of hydrogen-bond acceptors (Lipinski definition) is 6. The van der Waals surface area contributed by atoms with Gasteiger partial charge in [-0.25, -0.2) is 9.78 Å². The van der Waals surface area contributed by atoms with Crippen LogP contribution in [0.2, 0.25) is 0 Å². The third-order valence-corrected chi connectivity index (χ3v) is 5.70. The molecule has 7 heteroatoms.